The lowest BCUT2D eigenvalue weighted by Crippen LogP contribution is -2.17. The number of benzene rings is 2. The number of nitrogens with zero attached hydrogens (tertiary/aromatic N) is 2. The second kappa shape index (κ2) is 7.75. The van der Waals surface area contributed by atoms with E-state index in [0.717, 1.165) is 27.7 Å². The van der Waals surface area contributed by atoms with Gasteiger partial charge in [0.25, 0.3) is 0 Å². The second-order valence-corrected chi connectivity index (χ2v) is 9.07. The summed E-state index contributed by atoms with van der Waals surface area (Å²) in [5, 5.41) is 12.0. The van der Waals surface area contributed by atoms with Gasteiger partial charge in [-0.2, -0.15) is 0 Å². The van der Waals surface area contributed by atoms with E-state index in [9.17, 15) is 5.11 Å². The van der Waals surface area contributed by atoms with Crippen molar-refractivity contribution in [1.29, 1.82) is 0 Å². The molecule has 28 heavy (non-hydrogen) atoms. The van der Waals surface area contributed by atoms with Gasteiger partial charge in [0.15, 0.2) is 0 Å². The van der Waals surface area contributed by atoms with Crippen LogP contribution in [-0.2, 0) is 10.8 Å². The minimum absolute atomic E-state index is 0. The van der Waals surface area contributed by atoms with Crippen LogP contribution in [-0.4, -0.2) is 16.3 Å². The molecule has 148 valence electrons. The van der Waals surface area contributed by atoms with E-state index < -0.39 is 0 Å². The van der Waals surface area contributed by atoms with Crippen molar-refractivity contribution in [2.75, 3.05) is 0 Å². The molecule has 1 N–H and O–H groups in total. The molecule has 0 atom stereocenters. The minimum atomic E-state index is -0.158. The highest BCUT2D eigenvalue weighted by Gasteiger charge is 2.24. The molecule has 3 rings (SSSR count). The van der Waals surface area contributed by atoms with Gasteiger partial charge < -0.3 is 5.11 Å². The number of aromatic hydroxyl groups is 1. The van der Waals surface area contributed by atoms with E-state index in [0.29, 0.717) is 5.75 Å². The molecule has 0 radical (unpaired) electrons. The summed E-state index contributed by atoms with van der Waals surface area (Å²) in [7, 11) is 0. The van der Waals surface area contributed by atoms with Crippen LogP contribution >= 0.6 is 0 Å². The van der Waals surface area contributed by atoms with E-state index in [-0.39, 0.29) is 18.3 Å². The van der Waals surface area contributed by atoms with Gasteiger partial charge in [0.05, 0.1) is 11.2 Å². The molecule has 0 amide bonds. The first kappa shape index (κ1) is 21.6. The van der Waals surface area contributed by atoms with Gasteiger partial charge in [-0.15, -0.1) is 0 Å². The molecule has 3 aromatic rings. The van der Waals surface area contributed by atoms with Crippen molar-refractivity contribution < 1.29 is 5.11 Å². The van der Waals surface area contributed by atoms with E-state index in [1.54, 1.807) is 12.4 Å². The zero-order chi connectivity index (χ0) is 19.8. The Morgan fingerprint density at radius 2 is 1.61 bits per heavy atom. The fourth-order valence-electron chi connectivity index (χ4n) is 3.09. The summed E-state index contributed by atoms with van der Waals surface area (Å²) in [5.74, 6) is 0.299. The van der Waals surface area contributed by atoms with E-state index in [1.165, 1.54) is 5.56 Å². The third kappa shape index (κ3) is 4.41. The van der Waals surface area contributed by atoms with Crippen molar-refractivity contribution in [2.24, 2.45) is 4.99 Å². The normalized spacial score (nSPS) is 12.4. The third-order valence-corrected chi connectivity index (χ3v) is 4.77. The first-order valence-corrected chi connectivity index (χ1v) is 9.33. The Morgan fingerprint density at radius 1 is 0.929 bits per heavy atom. The van der Waals surface area contributed by atoms with Gasteiger partial charge in [-0.05, 0) is 34.6 Å². The number of fused-ring (bicyclic) bond motifs is 1. The molecule has 3 heteroatoms. The highest BCUT2D eigenvalue weighted by atomic mass is 16.3. The zero-order valence-electron chi connectivity index (χ0n) is 17.0. The maximum absolute atomic E-state index is 10.9. The van der Waals surface area contributed by atoms with Gasteiger partial charge in [-0.1, -0.05) is 73.2 Å². The number of aromatic nitrogens is 1. The van der Waals surface area contributed by atoms with Crippen LogP contribution in [0, 0.1) is 0 Å². The quantitative estimate of drug-likeness (QED) is 0.493. The van der Waals surface area contributed by atoms with Crippen LogP contribution in [0.15, 0.2) is 53.7 Å². The van der Waals surface area contributed by atoms with Crippen molar-refractivity contribution >= 4 is 22.8 Å². The molecule has 1 heterocycles. The second-order valence-electron chi connectivity index (χ2n) is 9.07. The number of aliphatic imine (C=N–C) groups is 1. The molecule has 0 saturated carbocycles. The largest absolute Gasteiger partial charge is 0.507 e. The summed E-state index contributed by atoms with van der Waals surface area (Å²) in [6, 6.07) is 14.0. The van der Waals surface area contributed by atoms with Gasteiger partial charge in [0.1, 0.15) is 5.75 Å². The predicted octanol–water partition coefficient (Wildman–Crippen LogP) is 6.92. The van der Waals surface area contributed by atoms with E-state index >= 15 is 0 Å². The first-order chi connectivity index (χ1) is 12.6. The lowest BCUT2D eigenvalue weighted by Gasteiger charge is -2.27. The van der Waals surface area contributed by atoms with Gasteiger partial charge in [-0.25, -0.2) is 0 Å². The molecule has 2 aromatic carbocycles. The molecule has 0 aliphatic heterocycles. The number of phenols is 1. The fraction of sp³-hybridized carbons (Fsp3) is 0.360. The van der Waals surface area contributed by atoms with Crippen molar-refractivity contribution in [3.8, 4) is 5.75 Å². The van der Waals surface area contributed by atoms with E-state index in [2.05, 4.69) is 57.6 Å². The van der Waals surface area contributed by atoms with Crippen LogP contribution in [0.1, 0.15) is 65.7 Å². The zero-order valence-corrected chi connectivity index (χ0v) is 17.0. The van der Waals surface area contributed by atoms with E-state index in [1.807, 2.05) is 36.4 Å². The van der Waals surface area contributed by atoms with Crippen LogP contribution in [0.2, 0.25) is 0 Å². The average molecular weight is 377 g/mol. The summed E-state index contributed by atoms with van der Waals surface area (Å²) in [6.45, 7) is 12.9. The molecule has 0 unspecified atom stereocenters. The smallest absolute Gasteiger partial charge is 0.128 e. The predicted molar refractivity (Wildman–Crippen MR) is 121 cm³/mol. The summed E-state index contributed by atoms with van der Waals surface area (Å²) < 4.78 is 0. The van der Waals surface area contributed by atoms with Crippen molar-refractivity contribution in [1.82, 2.24) is 4.98 Å². The van der Waals surface area contributed by atoms with Gasteiger partial charge in [0, 0.05) is 28.9 Å². The molecule has 1 aromatic heterocycles. The first-order valence-electron chi connectivity index (χ1n) is 9.33. The highest BCUT2D eigenvalue weighted by Crippen LogP contribution is 2.37. The number of para-hydroxylation sites is 1. The Hall–Kier alpha value is -2.68. The lowest BCUT2D eigenvalue weighted by atomic mass is 9.79. The average Bonchev–Trinajstić information content (AvgIpc) is 2.58. The SMILES string of the molecule is C.CC(C)(C)c1cc(C=Nc2cccc3cccnc23)c(O)c(C(C)(C)C)c1. The Bertz CT molecular complexity index is 1000. The number of phenolic OH excluding ortho intramolecular Hbond substituents is 1. The maximum atomic E-state index is 10.9. The van der Waals surface area contributed by atoms with Gasteiger partial charge >= 0.3 is 0 Å². The number of pyridine rings is 1. The molecule has 0 saturated heterocycles. The van der Waals surface area contributed by atoms with Crippen molar-refractivity contribution in [3.05, 3.63) is 65.4 Å². The minimum Gasteiger partial charge on any atom is -0.507 e. The summed E-state index contributed by atoms with van der Waals surface area (Å²) >= 11 is 0. The molecule has 0 bridgehead atoms. The van der Waals surface area contributed by atoms with Crippen molar-refractivity contribution in [3.63, 3.8) is 0 Å². The van der Waals surface area contributed by atoms with Gasteiger partial charge in [-0.3, -0.25) is 9.98 Å². The Balaban J connectivity index is 0.00000280. The topological polar surface area (TPSA) is 45.5 Å². The molecule has 0 spiro atoms. The monoisotopic (exact) mass is 376 g/mol. The van der Waals surface area contributed by atoms with Crippen LogP contribution in [0.5, 0.6) is 5.75 Å². The Kier molecular flexibility index (Phi) is 5.98. The van der Waals surface area contributed by atoms with Crippen LogP contribution in [0.4, 0.5) is 5.69 Å². The van der Waals surface area contributed by atoms with Crippen molar-refractivity contribution in [2.45, 2.75) is 59.8 Å². The molecule has 0 fully saturated rings. The molecule has 0 aliphatic rings. The molecule has 3 nitrogen and oxygen atoms in total. The number of hydrogen-bond donors (Lipinski definition) is 1. The maximum Gasteiger partial charge on any atom is 0.128 e. The molecular formula is C25H32N2O. The summed E-state index contributed by atoms with van der Waals surface area (Å²) in [6.07, 6.45) is 3.53. The fourth-order valence-corrected chi connectivity index (χ4v) is 3.09. The molecular weight excluding hydrogens is 344 g/mol. The Morgan fingerprint density at radius 3 is 2.25 bits per heavy atom. The van der Waals surface area contributed by atoms with Crippen LogP contribution in [0.3, 0.4) is 0 Å². The van der Waals surface area contributed by atoms with Crippen LogP contribution < -0.4 is 0 Å². The third-order valence-electron chi connectivity index (χ3n) is 4.77. The summed E-state index contributed by atoms with van der Waals surface area (Å²) in [5.41, 5.74) is 4.34. The number of rotatable bonds is 2. The van der Waals surface area contributed by atoms with Gasteiger partial charge in [0.2, 0.25) is 0 Å². The highest BCUT2D eigenvalue weighted by molar-refractivity contribution is 5.93. The lowest BCUT2D eigenvalue weighted by molar-refractivity contribution is 0.444. The van der Waals surface area contributed by atoms with Crippen LogP contribution in [0.25, 0.3) is 10.9 Å². The summed E-state index contributed by atoms with van der Waals surface area (Å²) in [4.78, 5) is 9.12. The molecule has 0 aliphatic carbocycles. The van der Waals surface area contributed by atoms with E-state index in [4.69, 9.17) is 0 Å². The number of hydrogen-bond acceptors (Lipinski definition) is 3. The standard InChI is InChI=1S/C24H28N2O.CH4/c1-23(2,3)18-13-17(22(27)19(14-18)24(4,5)6)15-26-20-11-7-9-16-10-8-12-25-21(16)20;/h7-15,27H,1-6H3;1H4. The Labute approximate surface area is 169 Å².